The number of rotatable bonds is 3. The SMILES string of the molecule is O=C(CC1=CCCC1)C1CCOCC1. The van der Waals surface area contributed by atoms with Crippen molar-refractivity contribution in [1.29, 1.82) is 0 Å². The highest BCUT2D eigenvalue weighted by atomic mass is 16.5. The number of hydrogen-bond acceptors (Lipinski definition) is 2. The zero-order chi connectivity index (χ0) is 9.80. The first kappa shape index (κ1) is 9.91. The van der Waals surface area contributed by atoms with Gasteiger partial charge in [-0.15, -0.1) is 0 Å². The van der Waals surface area contributed by atoms with Crippen LogP contribution in [0.1, 0.15) is 38.5 Å². The van der Waals surface area contributed by atoms with Crippen LogP contribution >= 0.6 is 0 Å². The fourth-order valence-electron chi connectivity index (χ4n) is 2.29. The van der Waals surface area contributed by atoms with Crippen molar-refractivity contribution in [2.45, 2.75) is 38.5 Å². The lowest BCUT2D eigenvalue weighted by Gasteiger charge is -2.20. The molecule has 78 valence electrons. The molecule has 2 rings (SSSR count). The second-order valence-electron chi connectivity index (χ2n) is 4.28. The summed E-state index contributed by atoms with van der Waals surface area (Å²) in [7, 11) is 0. The molecule has 0 aromatic heterocycles. The van der Waals surface area contributed by atoms with E-state index in [2.05, 4.69) is 6.08 Å². The van der Waals surface area contributed by atoms with Crippen LogP contribution in [0.5, 0.6) is 0 Å². The molecular formula is C12H18O2. The molecule has 0 spiro atoms. The Morgan fingerprint density at radius 1 is 1.43 bits per heavy atom. The Bertz CT molecular complexity index is 237. The Morgan fingerprint density at radius 2 is 2.21 bits per heavy atom. The van der Waals surface area contributed by atoms with Crippen LogP contribution in [0.3, 0.4) is 0 Å². The molecule has 0 aromatic carbocycles. The molecule has 0 unspecified atom stereocenters. The minimum absolute atomic E-state index is 0.283. The quantitative estimate of drug-likeness (QED) is 0.645. The molecule has 1 aliphatic heterocycles. The minimum Gasteiger partial charge on any atom is -0.381 e. The molecule has 14 heavy (non-hydrogen) atoms. The Balaban J connectivity index is 1.81. The molecule has 1 saturated heterocycles. The third-order valence-electron chi connectivity index (χ3n) is 3.21. The highest BCUT2D eigenvalue weighted by Gasteiger charge is 2.22. The lowest BCUT2D eigenvalue weighted by atomic mass is 9.91. The molecule has 0 saturated carbocycles. The van der Waals surface area contributed by atoms with Crippen molar-refractivity contribution < 1.29 is 9.53 Å². The van der Waals surface area contributed by atoms with Crippen LogP contribution in [0, 0.1) is 5.92 Å². The number of carbonyl (C=O) groups is 1. The van der Waals surface area contributed by atoms with E-state index in [4.69, 9.17) is 4.74 Å². The Labute approximate surface area is 85.3 Å². The molecule has 2 heteroatoms. The third-order valence-corrected chi connectivity index (χ3v) is 3.21. The van der Waals surface area contributed by atoms with Crippen molar-refractivity contribution >= 4 is 5.78 Å². The summed E-state index contributed by atoms with van der Waals surface area (Å²) >= 11 is 0. The Hall–Kier alpha value is -0.630. The lowest BCUT2D eigenvalue weighted by Crippen LogP contribution is -2.23. The van der Waals surface area contributed by atoms with Crippen LogP contribution < -0.4 is 0 Å². The van der Waals surface area contributed by atoms with E-state index < -0.39 is 0 Å². The summed E-state index contributed by atoms with van der Waals surface area (Å²) in [6.45, 7) is 1.55. The van der Waals surface area contributed by atoms with Gasteiger partial charge in [0.15, 0.2) is 0 Å². The van der Waals surface area contributed by atoms with Gasteiger partial charge in [-0.3, -0.25) is 4.79 Å². The van der Waals surface area contributed by atoms with Crippen molar-refractivity contribution in [3.8, 4) is 0 Å². The first-order chi connectivity index (χ1) is 6.86. The van der Waals surface area contributed by atoms with Gasteiger partial charge in [0.25, 0.3) is 0 Å². The van der Waals surface area contributed by atoms with E-state index in [-0.39, 0.29) is 5.92 Å². The van der Waals surface area contributed by atoms with Gasteiger partial charge in [0.05, 0.1) is 0 Å². The zero-order valence-electron chi connectivity index (χ0n) is 8.63. The molecule has 1 heterocycles. The fraction of sp³-hybridized carbons (Fsp3) is 0.750. The van der Waals surface area contributed by atoms with Gasteiger partial charge in [0, 0.05) is 25.6 Å². The van der Waals surface area contributed by atoms with Crippen LogP contribution in [0.4, 0.5) is 0 Å². The maximum Gasteiger partial charge on any atom is 0.140 e. The topological polar surface area (TPSA) is 26.3 Å². The minimum atomic E-state index is 0.283. The number of Topliss-reactive ketones (excluding diaryl/α,β-unsaturated/α-hetero) is 1. The van der Waals surface area contributed by atoms with Gasteiger partial charge in [-0.1, -0.05) is 11.6 Å². The van der Waals surface area contributed by atoms with E-state index in [1.165, 1.54) is 18.4 Å². The maximum atomic E-state index is 11.9. The molecule has 0 N–H and O–H groups in total. The average Bonchev–Trinajstić information content (AvgIpc) is 2.72. The summed E-state index contributed by atoms with van der Waals surface area (Å²) in [5.41, 5.74) is 1.38. The van der Waals surface area contributed by atoms with E-state index in [1.54, 1.807) is 0 Å². The van der Waals surface area contributed by atoms with Crippen molar-refractivity contribution in [2.75, 3.05) is 13.2 Å². The van der Waals surface area contributed by atoms with Gasteiger partial charge >= 0.3 is 0 Å². The number of allylic oxidation sites excluding steroid dienone is 2. The monoisotopic (exact) mass is 194 g/mol. The number of hydrogen-bond donors (Lipinski definition) is 0. The molecule has 1 fully saturated rings. The van der Waals surface area contributed by atoms with Crippen LogP contribution in [0.25, 0.3) is 0 Å². The lowest BCUT2D eigenvalue weighted by molar-refractivity contribution is -0.125. The predicted molar refractivity (Wildman–Crippen MR) is 55.1 cm³/mol. The van der Waals surface area contributed by atoms with E-state index in [1.807, 2.05) is 0 Å². The Morgan fingerprint density at radius 3 is 2.86 bits per heavy atom. The Kier molecular flexibility index (Phi) is 3.35. The first-order valence-electron chi connectivity index (χ1n) is 5.64. The first-order valence-corrected chi connectivity index (χ1v) is 5.64. The highest BCUT2D eigenvalue weighted by molar-refractivity contribution is 5.83. The van der Waals surface area contributed by atoms with E-state index in [0.29, 0.717) is 12.2 Å². The summed E-state index contributed by atoms with van der Waals surface area (Å²) in [6, 6.07) is 0. The third kappa shape index (κ3) is 2.44. The summed E-state index contributed by atoms with van der Waals surface area (Å²) in [5, 5.41) is 0. The second-order valence-corrected chi connectivity index (χ2v) is 4.28. The molecule has 0 aromatic rings. The molecule has 2 nitrogen and oxygen atoms in total. The fourth-order valence-corrected chi connectivity index (χ4v) is 2.29. The van der Waals surface area contributed by atoms with Gasteiger partial charge in [-0.25, -0.2) is 0 Å². The zero-order valence-corrected chi connectivity index (χ0v) is 8.63. The van der Waals surface area contributed by atoms with Crippen LogP contribution in [0.2, 0.25) is 0 Å². The normalized spacial score (nSPS) is 23.6. The van der Waals surface area contributed by atoms with Gasteiger partial charge in [-0.2, -0.15) is 0 Å². The molecular weight excluding hydrogens is 176 g/mol. The largest absolute Gasteiger partial charge is 0.381 e. The molecule has 0 radical (unpaired) electrons. The van der Waals surface area contributed by atoms with Crippen molar-refractivity contribution in [2.24, 2.45) is 5.92 Å². The molecule has 0 atom stereocenters. The van der Waals surface area contributed by atoms with Gasteiger partial charge < -0.3 is 4.74 Å². The van der Waals surface area contributed by atoms with Gasteiger partial charge in [0.2, 0.25) is 0 Å². The average molecular weight is 194 g/mol. The van der Waals surface area contributed by atoms with E-state index in [9.17, 15) is 4.79 Å². The summed E-state index contributed by atoms with van der Waals surface area (Å²) in [5.74, 6) is 0.728. The molecule has 2 aliphatic rings. The molecule has 1 aliphatic carbocycles. The van der Waals surface area contributed by atoms with Crippen molar-refractivity contribution in [1.82, 2.24) is 0 Å². The maximum absolute atomic E-state index is 11.9. The van der Waals surface area contributed by atoms with Crippen LogP contribution in [0.15, 0.2) is 11.6 Å². The second kappa shape index (κ2) is 4.74. The summed E-state index contributed by atoms with van der Waals surface area (Å²) in [6.07, 6.45) is 8.40. The smallest absolute Gasteiger partial charge is 0.140 e. The van der Waals surface area contributed by atoms with E-state index in [0.717, 1.165) is 32.5 Å². The van der Waals surface area contributed by atoms with Crippen LogP contribution in [-0.4, -0.2) is 19.0 Å². The van der Waals surface area contributed by atoms with Crippen LogP contribution in [-0.2, 0) is 9.53 Å². The standard InChI is InChI=1S/C12H18O2/c13-12(9-10-3-1-2-4-10)11-5-7-14-8-6-11/h3,11H,1-2,4-9H2. The molecule has 0 bridgehead atoms. The number of carbonyl (C=O) groups excluding carboxylic acids is 1. The number of ether oxygens (including phenoxy) is 1. The van der Waals surface area contributed by atoms with Gasteiger partial charge in [0.1, 0.15) is 5.78 Å². The van der Waals surface area contributed by atoms with E-state index >= 15 is 0 Å². The number of ketones is 1. The predicted octanol–water partition coefficient (Wildman–Crippen LogP) is 2.48. The summed E-state index contributed by atoms with van der Waals surface area (Å²) in [4.78, 5) is 11.9. The summed E-state index contributed by atoms with van der Waals surface area (Å²) < 4.78 is 5.25. The molecule has 0 amide bonds. The van der Waals surface area contributed by atoms with Crippen molar-refractivity contribution in [3.63, 3.8) is 0 Å². The van der Waals surface area contributed by atoms with Gasteiger partial charge in [-0.05, 0) is 32.1 Å². The highest BCUT2D eigenvalue weighted by Crippen LogP contribution is 2.25. The van der Waals surface area contributed by atoms with Crippen molar-refractivity contribution in [3.05, 3.63) is 11.6 Å².